The zero-order valence-electron chi connectivity index (χ0n) is 13.2. The van der Waals surface area contributed by atoms with Gasteiger partial charge in [-0.1, -0.05) is 36.4 Å². The van der Waals surface area contributed by atoms with Crippen LogP contribution in [0, 0.1) is 0 Å². The van der Waals surface area contributed by atoms with Gasteiger partial charge in [0.1, 0.15) is 0 Å². The molecule has 2 N–H and O–H groups in total. The summed E-state index contributed by atoms with van der Waals surface area (Å²) in [5, 5.41) is 8.12. The molecule has 0 unspecified atom stereocenters. The molecule has 0 aliphatic carbocycles. The number of hydrogen-bond acceptors (Lipinski definition) is 5. The number of nitrogens with one attached hydrogen (secondary N) is 2. The van der Waals surface area contributed by atoms with Crippen LogP contribution in [-0.4, -0.2) is 34.5 Å². The molecule has 0 saturated heterocycles. The van der Waals surface area contributed by atoms with Gasteiger partial charge in [-0.05, 0) is 22.9 Å². The number of amides is 2. The summed E-state index contributed by atoms with van der Waals surface area (Å²) in [7, 11) is 0. The van der Waals surface area contributed by atoms with Crippen molar-refractivity contribution < 1.29 is 9.59 Å². The van der Waals surface area contributed by atoms with Crippen molar-refractivity contribution in [2.75, 3.05) is 6.54 Å². The molecule has 0 bridgehead atoms. The van der Waals surface area contributed by atoms with Gasteiger partial charge in [-0.2, -0.15) is 5.10 Å². The molecule has 7 heteroatoms. The minimum Gasteiger partial charge on any atom is -0.343 e. The van der Waals surface area contributed by atoms with E-state index < -0.39 is 5.91 Å². The highest BCUT2D eigenvalue weighted by Crippen LogP contribution is 2.18. The van der Waals surface area contributed by atoms with Crippen LogP contribution in [0.2, 0.25) is 0 Å². The predicted octanol–water partition coefficient (Wildman–Crippen LogP) is 1.51. The van der Waals surface area contributed by atoms with Gasteiger partial charge in [0.25, 0.3) is 11.8 Å². The second-order valence-electron chi connectivity index (χ2n) is 5.11. The Balaban J connectivity index is 1.56. The number of fused-ring (bicyclic) bond motifs is 1. The first kappa shape index (κ1) is 16.3. The lowest BCUT2D eigenvalue weighted by atomic mass is 10.0. The van der Waals surface area contributed by atoms with E-state index in [4.69, 9.17) is 0 Å². The molecular weight excluding hydrogens is 318 g/mol. The third-order valence-corrected chi connectivity index (χ3v) is 3.40. The molecule has 0 fully saturated rings. The Morgan fingerprint density at radius 1 is 1.00 bits per heavy atom. The van der Waals surface area contributed by atoms with Gasteiger partial charge in [-0.15, -0.1) is 0 Å². The van der Waals surface area contributed by atoms with Gasteiger partial charge in [0, 0.05) is 18.0 Å². The highest BCUT2D eigenvalue weighted by Gasteiger charge is 2.10. The average molecular weight is 333 g/mol. The zero-order chi connectivity index (χ0) is 17.5. The van der Waals surface area contributed by atoms with Crippen molar-refractivity contribution in [3.63, 3.8) is 0 Å². The molecule has 0 radical (unpaired) electrons. The number of rotatable bonds is 5. The zero-order valence-corrected chi connectivity index (χ0v) is 13.2. The molecular formula is C18H15N5O2. The smallest absolute Gasteiger partial charge is 0.259 e. The standard InChI is InChI=1S/C18H15N5O2/c24-17(23-22-11-16-19-9-4-10-20-16)12-21-18(25)15-8-3-6-13-5-1-2-7-14(13)15/h1-11H,12H2,(H,21,25)(H,23,24). The van der Waals surface area contributed by atoms with Crippen LogP contribution in [0.1, 0.15) is 16.2 Å². The number of carbonyl (C=O) groups is 2. The maximum atomic E-state index is 12.3. The second kappa shape index (κ2) is 7.78. The molecule has 0 aliphatic rings. The van der Waals surface area contributed by atoms with E-state index in [0.717, 1.165) is 10.8 Å². The Bertz CT molecular complexity index is 920. The van der Waals surface area contributed by atoms with Crippen LogP contribution in [0.3, 0.4) is 0 Å². The van der Waals surface area contributed by atoms with Gasteiger partial charge < -0.3 is 5.32 Å². The van der Waals surface area contributed by atoms with E-state index in [9.17, 15) is 9.59 Å². The van der Waals surface area contributed by atoms with Crippen molar-refractivity contribution in [3.05, 3.63) is 72.3 Å². The van der Waals surface area contributed by atoms with Crippen LogP contribution in [0.15, 0.2) is 66.0 Å². The Hall–Kier alpha value is -3.61. The summed E-state index contributed by atoms with van der Waals surface area (Å²) in [5.41, 5.74) is 2.83. The summed E-state index contributed by atoms with van der Waals surface area (Å²) in [6.07, 6.45) is 4.46. The highest BCUT2D eigenvalue weighted by atomic mass is 16.2. The number of aromatic nitrogens is 2. The van der Waals surface area contributed by atoms with E-state index in [-0.39, 0.29) is 12.5 Å². The highest BCUT2D eigenvalue weighted by molar-refractivity contribution is 6.07. The molecule has 124 valence electrons. The van der Waals surface area contributed by atoms with Crippen molar-refractivity contribution in [2.24, 2.45) is 5.10 Å². The Morgan fingerprint density at radius 2 is 1.76 bits per heavy atom. The first-order valence-corrected chi connectivity index (χ1v) is 7.59. The molecule has 3 aromatic rings. The average Bonchev–Trinajstić information content (AvgIpc) is 2.66. The molecule has 1 heterocycles. The minimum absolute atomic E-state index is 0.185. The molecule has 0 spiro atoms. The van der Waals surface area contributed by atoms with Crippen molar-refractivity contribution in [1.82, 2.24) is 20.7 Å². The Morgan fingerprint density at radius 3 is 2.60 bits per heavy atom. The fraction of sp³-hybridized carbons (Fsp3) is 0.0556. The number of hydrazone groups is 1. The third-order valence-electron chi connectivity index (χ3n) is 3.40. The maximum absolute atomic E-state index is 12.3. The SMILES string of the molecule is O=C(CNC(=O)c1cccc2ccccc12)NN=Cc1ncccn1. The van der Waals surface area contributed by atoms with Gasteiger partial charge >= 0.3 is 0 Å². The number of carbonyl (C=O) groups excluding carboxylic acids is 2. The number of nitrogens with zero attached hydrogens (tertiary/aromatic N) is 3. The van der Waals surface area contributed by atoms with E-state index in [2.05, 4.69) is 25.8 Å². The first-order chi connectivity index (χ1) is 12.2. The van der Waals surface area contributed by atoms with Crippen LogP contribution >= 0.6 is 0 Å². The van der Waals surface area contributed by atoms with Gasteiger partial charge in [0.2, 0.25) is 0 Å². The van der Waals surface area contributed by atoms with Gasteiger partial charge in [0.05, 0.1) is 12.8 Å². The van der Waals surface area contributed by atoms with Crippen molar-refractivity contribution in [3.8, 4) is 0 Å². The summed E-state index contributed by atoms with van der Waals surface area (Å²) in [6, 6.07) is 14.7. The second-order valence-corrected chi connectivity index (χ2v) is 5.11. The topological polar surface area (TPSA) is 96.3 Å². The van der Waals surface area contributed by atoms with Gasteiger partial charge in [-0.25, -0.2) is 15.4 Å². The summed E-state index contributed by atoms with van der Waals surface area (Å²) in [4.78, 5) is 31.9. The Labute approximate surface area is 143 Å². The number of benzene rings is 2. The van der Waals surface area contributed by atoms with Crippen LogP contribution in [0.25, 0.3) is 10.8 Å². The number of hydrogen-bond donors (Lipinski definition) is 2. The van der Waals surface area contributed by atoms with Crippen LogP contribution in [0.4, 0.5) is 0 Å². The normalized spacial score (nSPS) is 10.7. The van der Waals surface area contributed by atoms with Crippen LogP contribution in [0.5, 0.6) is 0 Å². The first-order valence-electron chi connectivity index (χ1n) is 7.59. The van der Waals surface area contributed by atoms with Crippen LogP contribution < -0.4 is 10.7 Å². The summed E-state index contributed by atoms with van der Waals surface area (Å²) in [5.74, 6) is -0.384. The van der Waals surface area contributed by atoms with Crippen molar-refractivity contribution in [2.45, 2.75) is 0 Å². The molecule has 2 amide bonds. The maximum Gasteiger partial charge on any atom is 0.259 e. The van der Waals surface area contributed by atoms with E-state index in [1.165, 1.54) is 6.21 Å². The van der Waals surface area contributed by atoms with Gasteiger partial charge in [-0.3, -0.25) is 9.59 Å². The predicted molar refractivity (Wildman–Crippen MR) is 94.0 cm³/mol. The molecule has 0 saturated carbocycles. The molecule has 0 aliphatic heterocycles. The molecule has 25 heavy (non-hydrogen) atoms. The lowest BCUT2D eigenvalue weighted by Gasteiger charge is -2.07. The summed E-state index contributed by atoms with van der Waals surface area (Å²) in [6.45, 7) is -0.185. The fourth-order valence-electron chi connectivity index (χ4n) is 2.26. The summed E-state index contributed by atoms with van der Waals surface area (Å²) < 4.78 is 0. The van der Waals surface area contributed by atoms with Crippen molar-refractivity contribution >= 4 is 28.8 Å². The van der Waals surface area contributed by atoms with E-state index in [0.29, 0.717) is 11.4 Å². The lowest BCUT2D eigenvalue weighted by Crippen LogP contribution is -2.35. The molecule has 7 nitrogen and oxygen atoms in total. The quantitative estimate of drug-likeness (QED) is 0.546. The third kappa shape index (κ3) is 4.23. The lowest BCUT2D eigenvalue weighted by molar-refractivity contribution is -0.120. The molecule has 0 atom stereocenters. The van der Waals surface area contributed by atoms with Crippen molar-refractivity contribution in [1.29, 1.82) is 0 Å². The van der Waals surface area contributed by atoms with E-state index in [1.807, 2.05) is 36.4 Å². The van der Waals surface area contributed by atoms with E-state index in [1.54, 1.807) is 24.5 Å². The monoisotopic (exact) mass is 333 g/mol. The Kier molecular flexibility index (Phi) is 5.06. The summed E-state index contributed by atoms with van der Waals surface area (Å²) >= 11 is 0. The van der Waals surface area contributed by atoms with Crippen LogP contribution in [-0.2, 0) is 4.79 Å². The molecule has 3 rings (SSSR count). The minimum atomic E-state index is -0.444. The molecule has 1 aromatic heterocycles. The van der Waals surface area contributed by atoms with E-state index >= 15 is 0 Å². The largest absolute Gasteiger partial charge is 0.343 e. The fourth-order valence-corrected chi connectivity index (χ4v) is 2.26. The van der Waals surface area contributed by atoms with Gasteiger partial charge in [0.15, 0.2) is 5.82 Å². The molecule has 2 aromatic carbocycles.